The molecule has 0 spiro atoms. The first-order valence-corrected chi connectivity index (χ1v) is 6.87. The van der Waals surface area contributed by atoms with E-state index in [1.165, 1.54) is 16.5 Å². The number of rotatable bonds is 4. The number of hydrogen-bond donors (Lipinski definition) is 2. The van der Waals surface area contributed by atoms with E-state index in [2.05, 4.69) is 23.2 Å². The minimum Gasteiger partial charge on any atom is -0.447 e. The molecule has 2 aromatic rings. The van der Waals surface area contributed by atoms with E-state index in [1.807, 2.05) is 6.20 Å². The molecule has 2 heterocycles. The maximum Gasteiger partial charge on any atom is 0.409 e. The average Bonchev–Trinajstić information content (AvgIpc) is 2.98. The van der Waals surface area contributed by atoms with Crippen LogP contribution in [0.15, 0.2) is 24.4 Å². The van der Waals surface area contributed by atoms with Crippen LogP contribution in [0.5, 0.6) is 0 Å². The monoisotopic (exact) mass is 273 g/mol. The number of aromatic nitrogens is 1. The number of H-pyrrole nitrogens is 1. The third-order valence-corrected chi connectivity index (χ3v) is 3.95. The molecule has 1 aromatic heterocycles. The Hall–Kier alpha value is -2.01. The van der Waals surface area contributed by atoms with Crippen LogP contribution in [0.1, 0.15) is 11.1 Å². The van der Waals surface area contributed by atoms with Gasteiger partial charge in [0.2, 0.25) is 0 Å². The van der Waals surface area contributed by atoms with E-state index in [1.54, 1.807) is 11.9 Å². The second kappa shape index (κ2) is 5.17. The number of nitrogens with one attached hydrogen (secondary N) is 1. The molecule has 1 aliphatic rings. The first-order valence-electron chi connectivity index (χ1n) is 6.87. The van der Waals surface area contributed by atoms with Crippen LogP contribution < -0.4 is 5.73 Å². The second-order valence-corrected chi connectivity index (χ2v) is 5.28. The van der Waals surface area contributed by atoms with Crippen molar-refractivity contribution in [1.82, 2.24) is 9.88 Å². The van der Waals surface area contributed by atoms with Crippen molar-refractivity contribution in [2.24, 2.45) is 5.73 Å². The quantitative estimate of drug-likeness (QED) is 0.890. The van der Waals surface area contributed by atoms with Crippen LogP contribution >= 0.6 is 0 Å². The first kappa shape index (κ1) is 13.0. The van der Waals surface area contributed by atoms with Crippen molar-refractivity contribution in [3.8, 4) is 0 Å². The number of likely N-dealkylation sites (N-methyl/N-ethyl adjacent to an activating group) is 1. The average molecular weight is 273 g/mol. The molecule has 3 N–H and O–H groups in total. The lowest BCUT2D eigenvalue weighted by Gasteiger charge is -2.16. The molecule has 1 atom stereocenters. The number of benzene rings is 1. The van der Waals surface area contributed by atoms with Gasteiger partial charge in [-0.1, -0.05) is 6.07 Å². The van der Waals surface area contributed by atoms with Gasteiger partial charge in [-0.25, -0.2) is 4.79 Å². The Morgan fingerprint density at radius 3 is 3.05 bits per heavy atom. The number of carbonyl (C=O) groups excluding carboxylic acids is 1. The van der Waals surface area contributed by atoms with Gasteiger partial charge in [0.15, 0.2) is 0 Å². The molecule has 0 bridgehead atoms. The number of amides is 1. The van der Waals surface area contributed by atoms with Gasteiger partial charge >= 0.3 is 6.09 Å². The highest BCUT2D eigenvalue weighted by Gasteiger charge is 2.29. The number of nitrogens with two attached hydrogens (primary N) is 1. The van der Waals surface area contributed by atoms with Gasteiger partial charge in [-0.15, -0.1) is 0 Å². The molecule has 1 aromatic carbocycles. The van der Waals surface area contributed by atoms with Crippen molar-refractivity contribution in [1.29, 1.82) is 0 Å². The molecular formula is C15H19N3O2. The number of hydrogen-bond acceptors (Lipinski definition) is 3. The Morgan fingerprint density at radius 2 is 2.35 bits per heavy atom. The van der Waals surface area contributed by atoms with E-state index in [0.717, 1.165) is 18.4 Å². The minimum atomic E-state index is -0.235. The molecule has 1 fully saturated rings. The van der Waals surface area contributed by atoms with Gasteiger partial charge in [0.05, 0.1) is 6.04 Å². The third kappa shape index (κ3) is 2.25. The number of carbonyl (C=O) groups is 1. The van der Waals surface area contributed by atoms with Crippen LogP contribution in [0.4, 0.5) is 4.79 Å². The second-order valence-electron chi connectivity index (χ2n) is 5.28. The van der Waals surface area contributed by atoms with E-state index < -0.39 is 0 Å². The fraction of sp³-hybridized carbons (Fsp3) is 0.400. The first-order chi connectivity index (χ1) is 9.69. The van der Waals surface area contributed by atoms with Gasteiger partial charge in [0.25, 0.3) is 0 Å². The Bertz CT molecular complexity index is 635. The van der Waals surface area contributed by atoms with E-state index >= 15 is 0 Å². The molecule has 5 nitrogen and oxygen atoms in total. The zero-order chi connectivity index (χ0) is 14.1. The Kier molecular flexibility index (Phi) is 3.36. The highest BCUT2D eigenvalue weighted by molar-refractivity contribution is 5.84. The fourth-order valence-electron chi connectivity index (χ4n) is 2.71. The molecule has 1 amide bonds. The highest BCUT2D eigenvalue weighted by atomic mass is 16.6. The predicted molar refractivity (Wildman–Crippen MR) is 77.7 cm³/mol. The van der Waals surface area contributed by atoms with Crippen LogP contribution in [0.25, 0.3) is 10.9 Å². The summed E-state index contributed by atoms with van der Waals surface area (Å²) >= 11 is 0. The summed E-state index contributed by atoms with van der Waals surface area (Å²) in [6.45, 7) is 1.11. The van der Waals surface area contributed by atoms with Gasteiger partial charge in [-0.3, -0.25) is 0 Å². The summed E-state index contributed by atoms with van der Waals surface area (Å²) in [4.78, 5) is 16.3. The van der Waals surface area contributed by atoms with Crippen molar-refractivity contribution < 1.29 is 9.53 Å². The summed E-state index contributed by atoms with van der Waals surface area (Å²) < 4.78 is 5.05. The van der Waals surface area contributed by atoms with Crippen molar-refractivity contribution >= 4 is 17.0 Å². The lowest BCUT2D eigenvalue weighted by atomic mass is 10.0. The topological polar surface area (TPSA) is 71.3 Å². The van der Waals surface area contributed by atoms with Crippen LogP contribution in [-0.4, -0.2) is 42.2 Å². The van der Waals surface area contributed by atoms with Gasteiger partial charge in [-0.05, 0) is 42.6 Å². The maximum atomic E-state index is 11.4. The Morgan fingerprint density at radius 1 is 1.50 bits per heavy atom. The molecular weight excluding hydrogens is 254 g/mol. The van der Waals surface area contributed by atoms with Crippen molar-refractivity contribution in [3.63, 3.8) is 0 Å². The number of fused-ring (bicyclic) bond motifs is 1. The molecule has 0 saturated carbocycles. The summed E-state index contributed by atoms with van der Waals surface area (Å²) in [5.74, 6) is 0. The normalized spacial score (nSPS) is 18.8. The fourth-order valence-corrected chi connectivity index (χ4v) is 2.71. The minimum absolute atomic E-state index is 0.122. The number of aromatic amines is 1. The van der Waals surface area contributed by atoms with Crippen molar-refractivity contribution in [3.05, 3.63) is 35.5 Å². The van der Waals surface area contributed by atoms with Gasteiger partial charge in [0.1, 0.15) is 6.61 Å². The van der Waals surface area contributed by atoms with Crippen LogP contribution in [0.3, 0.4) is 0 Å². The highest BCUT2D eigenvalue weighted by Crippen LogP contribution is 2.22. The molecule has 0 unspecified atom stereocenters. The molecule has 3 rings (SSSR count). The molecule has 20 heavy (non-hydrogen) atoms. The predicted octanol–water partition coefficient (Wildman–Crippen LogP) is 1.66. The molecule has 0 radical (unpaired) electrons. The van der Waals surface area contributed by atoms with Crippen LogP contribution in [0, 0.1) is 0 Å². The zero-order valence-corrected chi connectivity index (χ0v) is 11.6. The maximum absolute atomic E-state index is 11.4. The standard InChI is InChI=1S/C15H19N3O2/c1-18-12(9-20-15(18)19)6-10-2-3-14-13(7-10)11(4-5-16)8-17-14/h2-3,7-8,12,17H,4-6,9,16H2,1H3/t12-/m0/s1. The zero-order valence-electron chi connectivity index (χ0n) is 11.6. The number of nitrogens with zero attached hydrogens (tertiary/aromatic N) is 1. The summed E-state index contributed by atoms with van der Waals surface area (Å²) in [5, 5.41) is 1.22. The van der Waals surface area contributed by atoms with Gasteiger partial charge < -0.3 is 20.4 Å². The van der Waals surface area contributed by atoms with Crippen LogP contribution in [-0.2, 0) is 17.6 Å². The third-order valence-electron chi connectivity index (χ3n) is 3.95. The largest absolute Gasteiger partial charge is 0.447 e. The smallest absolute Gasteiger partial charge is 0.409 e. The van der Waals surface area contributed by atoms with Gasteiger partial charge in [-0.2, -0.15) is 0 Å². The van der Waals surface area contributed by atoms with Gasteiger partial charge in [0, 0.05) is 24.1 Å². The summed E-state index contributed by atoms with van der Waals surface area (Å²) in [6, 6.07) is 6.49. The molecule has 106 valence electrons. The lowest BCUT2D eigenvalue weighted by Crippen LogP contribution is -2.31. The van der Waals surface area contributed by atoms with E-state index in [-0.39, 0.29) is 12.1 Å². The number of cyclic esters (lactones) is 1. The Balaban J connectivity index is 1.85. The molecule has 0 aliphatic carbocycles. The van der Waals surface area contributed by atoms with Crippen molar-refractivity contribution in [2.75, 3.05) is 20.2 Å². The summed E-state index contributed by atoms with van der Waals surface area (Å²) in [7, 11) is 1.79. The number of ether oxygens (including phenoxy) is 1. The van der Waals surface area contributed by atoms with Crippen LogP contribution in [0.2, 0.25) is 0 Å². The van der Waals surface area contributed by atoms with Crippen molar-refractivity contribution in [2.45, 2.75) is 18.9 Å². The van der Waals surface area contributed by atoms with E-state index in [4.69, 9.17) is 10.5 Å². The van der Waals surface area contributed by atoms with E-state index in [0.29, 0.717) is 13.2 Å². The lowest BCUT2D eigenvalue weighted by molar-refractivity contribution is 0.163. The van der Waals surface area contributed by atoms with E-state index in [9.17, 15) is 4.79 Å². The SMILES string of the molecule is CN1C(=O)OC[C@@H]1Cc1ccc2[nH]cc(CCN)c2c1. The summed E-state index contributed by atoms with van der Waals surface area (Å²) in [6.07, 6.45) is 3.47. The Labute approximate surface area is 117 Å². The summed E-state index contributed by atoms with van der Waals surface area (Å²) in [5.41, 5.74) is 9.23. The molecule has 1 saturated heterocycles. The molecule has 5 heteroatoms. The molecule has 1 aliphatic heterocycles.